The molecule has 3 aliphatic rings. The first-order valence-electron chi connectivity index (χ1n) is 7.39. The number of carbonyl (C=O) groups is 1. The van der Waals surface area contributed by atoms with E-state index < -0.39 is 0 Å². The van der Waals surface area contributed by atoms with Gasteiger partial charge in [-0.2, -0.15) is 0 Å². The molecule has 3 nitrogen and oxygen atoms in total. The fourth-order valence-electron chi connectivity index (χ4n) is 4.42. The zero-order chi connectivity index (χ0) is 13.0. The zero-order valence-corrected chi connectivity index (χ0v) is 11.8. The first-order valence-corrected chi connectivity index (χ1v) is 7.39. The molecule has 2 aliphatic carbocycles. The highest BCUT2D eigenvalue weighted by molar-refractivity contribution is 5.76. The fourth-order valence-corrected chi connectivity index (χ4v) is 4.42. The lowest BCUT2D eigenvalue weighted by molar-refractivity contribution is -0.159. The van der Waals surface area contributed by atoms with Gasteiger partial charge in [0.25, 0.3) is 0 Å². The maximum Gasteiger partial charge on any atom is 0.323 e. The third kappa shape index (κ3) is 1.56. The highest BCUT2D eigenvalue weighted by Gasteiger charge is 2.63. The molecule has 2 saturated carbocycles. The number of fused-ring (bicyclic) bond motifs is 2. The second-order valence-electron chi connectivity index (χ2n) is 7.18. The minimum Gasteiger partial charge on any atom is -0.461 e. The summed E-state index contributed by atoms with van der Waals surface area (Å²) in [6, 6.07) is -0.0455. The van der Waals surface area contributed by atoms with Gasteiger partial charge in [-0.3, -0.25) is 4.79 Å². The van der Waals surface area contributed by atoms with Crippen LogP contribution in [0.4, 0.5) is 0 Å². The second-order valence-corrected chi connectivity index (χ2v) is 7.18. The van der Waals surface area contributed by atoms with E-state index in [2.05, 4.69) is 26.1 Å². The van der Waals surface area contributed by atoms with E-state index >= 15 is 0 Å². The van der Waals surface area contributed by atoms with E-state index in [0.29, 0.717) is 5.41 Å². The van der Waals surface area contributed by atoms with Crippen LogP contribution in [0.1, 0.15) is 52.9 Å². The first-order chi connectivity index (χ1) is 8.45. The first kappa shape index (κ1) is 12.5. The van der Waals surface area contributed by atoms with Crippen LogP contribution in [0, 0.1) is 16.7 Å². The van der Waals surface area contributed by atoms with E-state index in [1.54, 1.807) is 0 Å². The van der Waals surface area contributed by atoms with E-state index in [0.717, 1.165) is 31.7 Å². The van der Waals surface area contributed by atoms with Gasteiger partial charge in [0.2, 0.25) is 0 Å². The summed E-state index contributed by atoms with van der Waals surface area (Å²) >= 11 is 0. The molecule has 3 heteroatoms. The standard InChI is InChI=1S/C15H25NO2/c1-14(2)10-6-7-15(14,3)12(9-10)18-13(17)11-5-4-8-16-11/h10-12,16H,4-9H2,1-3H3. The molecule has 0 aromatic heterocycles. The number of ether oxygens (including phenoxy) is 1. The van der Waals surface area contributed by atoms with Crippen molar-refractivity contribution in [3.63, 3.8) is 0 Å². The summed E-state index contributed by atoms with van der Waals surface area (Å²) < 4.78 is 5.87. The normalized spacial score (nSPS) is 45.4. The van der Waals surface area contributed by atoms with Gasteiger partial charge < -0.3 is 10.1 Å². The largest absolute Gasteiger partial charge is 0.461 e. The van der Waals surface area contributed by atoms with Crippen molar-refractivity contribution >= 4 is 5.97 Å². The predicted molar refractivity (Wildman–Crippen MR) is 70.1 cm³/mol. The maximum absolute atomic E-state index is 12.1. The summed E-state index contributed by atoms with van der Waals surface area (Å²) in [4.78, 5) is 12.1. The molecule has 0 aromatic rings. The van der Waals surface area contributed by atoms with Gasteiger partial charge in [-0.1, -0.05) is 20.8 Å². The van der Waals surface area contributed by atoms with Crippen molar-refractivity contribution in [1.29, 1.82) is 0 Å². The fraction of sp³-hybridized carbons (Fsp3) is 0.933. The van der Waals surface area contributed by atoms with Crippen LogP contribution in [0.25, 0.3) is 0 Å². The van der Waals surface area contributed by atoms with E-state index in [4.69, 9.17) is 4.74 Å². The third-order valence-corrected chi connectivity index (χ3v) is 6.32. The van der Waals surface area contributed by atoms with Crippen molar-refractivity contribution in [2.45, 2.75) is 65.0 Å². The van der Waals surface area contributed by atoms with Crippen LogP contribution in [0.3, 0.4) is 0 Å². The Labute approximate surface area is 110 Å². The Kier molecular flexibility index (Phi) is 2.74. The van der Waals surface area contributed by atoms with Gasteiger partial charge in [0.15, 0.2) is 0 Å². The molecular formula is C15H25NO2. The quantitative estimate of drug-likeness (QED) is 0.766. The van der Waals surface area contributed by atoms with Crippen molar-refractivity contribution in [1.82, 2.24) is 5.32 Å². The van der Waals surface area contributed by atoms with Gasteiger partial charge in [0.1, 0.15) is 12.1 Å². The van der Waals surface area contributed by atoms with Crippen molar-refractivity contribution in [3.05, 3.63) is 0 Å². The second kappa shape index (κ2) is 3.96. The Morgan fingerprint density at radius 2 is 2.06 bits per heavy atom. The zero-order valence-electron chi connectivity index (χ0n) is 11.8. The molecule has 1 N–H and O–H groups in total. The Balaban J connectivity index is 1.70. The van der Waals surface area contributed by atoms with Crippen LogP contribution in [0.15, 0.2) is 0 Å². The average Bonchev–Trinajstić information content (AvgIpc) is 2.95. The van der Waals surface area contributed by atoms with Crippen molar-refractivity contribution in [2.24, 2.45) is 16.7 Å². The van der Waals surface area contributed by atoms with Crippen molar-refractivity contribution in [3.8, 4) is 0 Å². The molecule has 4 unspecified atom stereocenters. The lowest BCUT2D eigenvalue weighted by Crippen LogP contribution is -2.42. The number of rotatable bonds is 2. The van der Waals surface area contributed by atoms with E-state index in [9.17, 15) is 4.79 Å². The van der Waals surface area contributed by atoms with Gasteiger partial charge in [0, 0.05) is 5.41 Å². The predicted octanol–water partition coefficient (Wildman–Crippen LogP) is 2.50. The number of hydrogen-bond acceptors (Lipinski definition) is 3. The highest BCUT2D eigenvalue weighted by Crippen LogP contribution is 2.66. The minimum atomic E-state index is -0.0455. The number of nitrogens with one attached hydrogen (secondary N) is 1. The van der Waals surface area contributed by atoms with E-state index in [-0.39, 0.29) is 23.5 Å². The summed E-state index contributed by atoms with van der Waals surface area (Å²) in [5.41, 5.74) is 0.507. The summed E-state index contributed by atoms with van der Waals surface area (Å²) in [7, 11) is 0. The van der Waals surface area contributed by atoms with Crippen LogP contribution >= 0.6 is 0 Å². The van der Waals surface area contributed by atoms with E-state index in [1.165, 1.54) is 12.8 Å². The Morgan fingerprint density at radius 1 is 1.28 bits per heavy atom. The van der Waals surface area contributed by atoms with Gasteiger partial charge in [-0.15, -0.1) is 0 Å². The van der Waals surface area contributed by atoms with Crippen molar-refractivity contribution in [2.75, 3.05) is 6.54 Å². The smallest absolute Gasteiger partial charge is 0.323 e. The molecule has 3 rings (SSSR count). The molecule has 4 atom stereocenters. The summed E-state index contributed by atoms with van der Waals surface area (Å²) in [6.07, 6.45) is 5.76. The molecule has 102 valence electrons. The molecular weight excluding hydrogens is 226 g/mol. The van der Waals surface area contributed by atoms with Crippen molar-refractivity contribution < 1.29 is 9.53 Å². The molecule has 18 heavy (non-hydrogen) atoms. The van der Waals surface area contributed by atoms with Crippen LogP contribution in [-0.4, -0.2) is 24.7 Å². The lowest BCUT2D eigenvalue weighted by atomic mass is 9.70. The Hall–Kier alpha value is -0.570. The molecule has 0 radical (unpaired) electrons. The van der Waals surface area contributed by atoms with Crippen LogP contribution < -0.4 is 5.32 Å². The monoisotopic (exact) mass is 251 g/mol. The summed E-state index contributed by atoms with van der Waals surface area (Å²) in [6.45, 7) is 7.98. The summed E-state index contributed by atoms with van der Waals surface area (Å²) in [5, 5.41) is 3.23. The number of esters is 1. The molecule has 0 aromatic carbocycles. The molecule has 1 heterocycles. The molecule has 2 bridgehead atoms. The van der Waals surface area contributed by atoms with Gasteiger partial charge in [0.05, 0.1) is 0 Å². The Morgan fingerprint density at radius 3 is 2.56 bits per heavy atom. The maximum atomic E-state index is 12.1. The minimum absolute atomic E-state index is 0.0120. The molecule has 1 aliphatic heterocycles. The number of hydrogen-bond donors (Lipinski definition) is 1. The molecule has 0 spiro atoms. The number of carbonyl (C=O) groups excluding carboxylic acids is 1. The Bertz CT molecular complexity index is 360. The van der Waals surface area contributed by atoms with E-state index in [1.807, 2.05) is 0 Å². The van der Waals surface area contributed by atoms with Crippen LogP contribution in [-0.2, 0) is 9.53 Å². The molecule has 3 fully saturated rings. The van der Waals surface area contributed by atoms with Crippen LogP contribution in [0.5, 0.6) is 0 Å². The summed E-state index contributed by atoms with van der Waals surface area (Å²) in [5.74, 6) is 0.721. The van der Waals surface area contributed by atoms with Gasteiger partial charge >= 0.3 is 5.97 Å². The van der Waals surface area contributed by atoms with Crippen LogP contribution in [0.2, 0.25) is 0 Å². The topological polar surface area (TPSA) is 38.3 Å². The third-order valence-electron chi connectivity index (χ3n) is 6.32. The van der Waals surface area contributed by atoms with Gasteiger partial charge in [-0.05, 0) is 50.0 Å². The molecule has 1 saturated heterocycles. The lowest BCUT2D eigenvalue weighted by Gasteiger charge is -2.38. The highest BCUT2D eigenvalue weighted by atomic mass is 16.5. The SMILES string of the molecule is CC1(C)C2CCC1(C)C(OC(=O)C1CCCN1)C2. The van der Waals surface area contributed by atoms with Gasteiger partial charge in [-0.25, -0.2) is 0 Å². The average molecular weight is 251 g/mol. The molecule has 0 amide bonds.